The third kappa shape index (κ3) is 2.55. The van der Waals surface area contributed by atoms with E-state index in [1.807, 2.05) is 31.1 Å². The molecular formula is C13H20N4S. The van der Waals surface area contributed by atoms with E-state index >= 15 is 0 Å². The van der Waals surface area contributed by atoms with Crippen molar-refractivity contribution in [2.75, 3.05) is 12.8 Å². The van der Waals surface area contributed by atoms with Gasteiger partial charge in [0, 0.05) is 25.2 Å². The summed E-state index contributed by atoms with van der Waals surface area (Å²) in [7, 11) is 3.92. The van der Waals surface area contributed by atoms with E-state index in [4.69, 9.17) is 0 Å². The Bertz CT molecular complexity index is 436. The fourth-order valence-corrected chi connectivity index (χ4v) is 3.77. The Morgan fingerprint density at radius 3 is 3.17 bits per heavy atom. The lowest BCUT2D eigenvalue weighted by Gasteiger charge is -2.28. The summed E-state index contributed by atoms with van der Waals surface area (Å²) in [6.07, 6.45) is 8.17. The summed E-state index contributed by atoms with van der Waals surface area (Å²) in [4.78, 5) is 4.30. The molecule has 1 aromatic rings. The molecule has 1 fully saturated rings. The number of rotatable bonds is 5. The molecule has 1 aromatic heterocycles. The Balaban J connectivity index is 1.87. The van der Waals surface area contributed by atoms with Crippen molar-refractivity contribution in [3.8, 4) is 6.07 Å². The van der Waals surface area contributed by atoms with E-state index in [9.17, 15) is 5.26 Å². The number of nitrogens with one attached hydrogen (secondary N) is 1. The van der Waals surface area contributed by atoms with E-state index in [2.05, 4.69) is 16.4 Å². The Hall–Kier alpha value is -0.990. The summed E-state index contributed by atoms with van der Waals surface area (Å²) in [6.45, 7) is 0. The molecule has 1 aliphatic rings. The molecule has 18 heavy (non-hydrogen) atoms. The Labute approximate surface area is 113 Å². The van der Waals surface area contributed by atoms with Crippen molar-refractivity contribution in [2.24, 2.45) is 13.0 Å². The quantitative estimate of drug-likeness (QED) is 0.828. The van der Waals surface area contributed by atoms with Gasteiger partial charge in [-0.25, -0.2) is 4.98 Å². The van der Waals surface area contributed by atoms with Gasteiger partial charge in [0.25, 0.3) is 0 Å². The molecule has 0 radical (unpaired) electrons. The molecule has 2 unspecified atom stereocenters. The minimum atomic E-state index is -0.289. The summed E-state index contributed by atoms with van der Waals surface area (Å²) >= 11 is 1.78. The third-order valence-corrected chi connectivity index (χ3v) is 5.03. The maximum Gasteiger partial charge on any atom is 0.167 e. The molecule has 4 nitrogen and oxygen atoms in total. The molecule has 5 heteroatoms. The summed E-state index contributed by atoms with van der Waals surface area (Å²) in [5.41, 5.74) is -0.289. The molecule has 2 rings (SSSR count). The van der Waals surface area contributed by atoms with Crippen LogP contribution in [-0.4, -0.2) is 27.9 Å². The van der Waals surface area contributed by atoms with Gasteiger partial charge < -0.3 is 9.88 Å². The van der Waals surface area contributed by atoms with Crippen LogP contribution >= 0.6 is 11.8 Å². The van der Waals surface area contributed by atoms with Gasteiger partial charge in [-0.15, -0.1) is 0 Å². The summed E-state index contributed by atoms with van der Waals surface area (Å²) in [5, 5.41) is 13.7. The van der Waals surface area contributed by atoms with Gasteiger partial charge >= 0.3 is 0 Å². The smallest absolute Gasteiger partial charge is 0.167 e. The number of aromatic nitrogens is 2. The van der Waals surface area contributed by atoms with Crippen molar-refractivity contribution in [3.05, 3.63) is 12.4 Å². The second kappa shape index (κ2) is 5.77. The second-order valence-electron chi connectivity index (χ2n) is 4.88. The van der Waals surface area contributed by atoms with Crippen LogP contribution < -0.4 is 5.32 Å². The standard InChI is InChI=1S/C13H20N4S/c1-15-13(10-14)6-3-4-11(13)5-9-18-12-16-7-8-17(12)2/h7-8,11,15H,3-6,9H2,1-2H3. The van der Waals surface area contributed by atoms with Crippen molar-refractivity contribution in [3.63, 3.8) is 0 Å². The van der Waals surface area contributed by atoms with Crippen molar-refractivity contribution >= 4 is 11.8 Å². The first-order valence-electron chi connectivity index (χ1n) is 6.42. The lowest BCUT2D eigenvalue weighted by atomic mass is 9.87. The van der Waals surface area contributed by atoms with Crippen molar-refractivity contribution in [1.82, 2.24) is 14.9 Å². The zero-order valence-corrected chi connectivity index (χ0v) is 11.8. The molecule has 1 heterocycles. The maximum absolute atomic E-state index is 9.38. The van der Waals surface area contributed by atoms with Gasteiger partial charge in [0.05, 0.1) is 6.07 Å². The van der Waals surface area contributed by atoms with Crippen LogP contribution in [0.15, 0.2) is 17.6 Å². The van der Waals surface area contributed by atoms with Crippen LogP contribution in [0.25, 0.3) is 0 Å². The first-order valence-corrected chi connectivity index (χ1v) is 7.40. The van der Waals surface area contributed by atoms with Crippen LogP contribution in [0.5, 0.6) is 0 Å². The molecule has 1 aliphatic carbocycles. The fraction of sp³-hybridized carbons (Fsp3) is 0.692. The SMILES string of the molecule is CNC1(C#N)CCCC1CCSc1nccn1C. The summed E-state index contributed by atoms with van der Waals surface area (Å²) < 4.78 is 2.04. The average Bonchev–Trinajstić information content (AvgIpc) is 2.97. The molecule has 0 aromatic carbocycles. The monoisotopic (exact) mass is 264 g/mol. The van der Waals surface area contributed by atoms with E-state index in [0.717, 1.165) is 36.6 Å². The van der Waals surface area contributed by atoms with Crippen molar-refractivity contribution < 1.29 is 0 Å². The lowest BCUT2D eigenvalue weighted by Crippen LogP contribution is -2.44. The van der Waals surface area contributed by atoms with Crippen LogP contribution in [0.3, 0.4) is 0 Å². The maximum atomic E-state index is 9.38. The number of nitriles is 1. The normalized spacial score (nSPS) is 27.3. The van der Waals surface area contributed by atoms with Crippen LogP contribution in [-0.2, 0) is 7.05 Å². The van der Waals surface area contributed by atoms with Crippen LogP contribution in [0, 0.1) is 17.2 Å². The summed E-state index contributed by atoms with van der Waals surface area (Å²) in [6, 6.07) is 2.49. The molecule has 0 amide bonds. The number of aryl methyl sites for hydroxylation is 1. The third-order valence-electron chi connectivity index (χ3n) is 3.94. The van der Waals surface area contributed by atoms with E-state index in [0.29, 0.717) is 5.92 Å². The Morgan fingerprint density at radius 2 is 2.56 bits per heavy atom. The number of nitrogens with zero attached hydrogens (tertiary/aromatic N) is 3. The van der Waals surface area contributed by atoms with Gasteiger partial charge in [0.2, 0.25) is 0 Å². The molecule has 98 valence electrons. The number of hydrogen-bond acceptors (Lipinski definition) is 4. The van der Waals surface area contributed by atoms with E-state index in [1.165, 1.54) is 0 Å². The van der Waals surface area contributed by atoms with Gasteiger partial charge in [0.15, 0.2) is 5.16 Å². The highest BCUT2D eigenvalue weighted by Crippen LogP contribution is 2.38. The molecule has 0 spiro atoms. The number of thioether (sulfide) groups is 1. The van der Waals surface area contributed by atoms with E-state index in [1.54, 1.807) is 11.8 Å². The highest BCUT2D eigenvalue weighted by molar-refractivity contribution is 7.99. The predicted molar refractivity (Wildman–Crippen MR) is 73.3 cm³/mol. The number of imidazole rings is 1. The number of hydrogen-bond donors (Lipinski definition) is 1. The van der Waals surface area contributed by atoms with Gasteiger partial charge in [-0.3, -0.25) is 0 Å². The van der Waals surface area contributed by atoms with Gasteiger partial charge in [-0.1, -0.05) is 18.2 Å². The fourth-order valence-electron chi connectivity index (χ4n) is 2.78. The van der Waals surface area contributed by atoms with Gasteiger partial charge in [-0.05, 0) is 32.2 Å². The van der Waals surface area contributed by atoms with Crippen molar-refractivity contribution in [2.45, 2.75) is 36.4 Å². The Morgan fingerprint density at radius 1 is 1.72 bits per heavy atom. The highest BCUT2D eigenvalue weighted by Gasteiger charge is 2.41. The molecular weight excluding hydrogens is 244 g/mol. The van der Waals surface area contributed by atoms with Gasteiger partial charge in [0.1, 0.15) is 5.54 Å². The molecule has 2 atom stereocenters. The van der Waals surface area contributed by atoms with Gasteiger partial charge in [-0.2, -0.15) is 5.26 Å². The predicted octanol–water partition coefficient (Wildman–Crippen LogP) is 2.18. The first-order chi connectivity index (χ1) is 8.72. The molecule has 0 saturated heterocycles. The average molecular weight is 264 g/mol. The van der Waals surface area contributed by atoms with Crippen molar-refractivity contribution in [1.29, 1.82) is 5.26 Å². The molecule has 0 bridgehead atoms. The highest BCUT2D eigenvalue weighted by atomic mass is 32.2. The second-order valence-corrected chi connectivity index (χ2v) is 5.94. The van der Waals surface area contributed by atoms with Crippen LogP contribution in [0.4, 0.5) is 0 Å². The Kier molecular flexibility index (Phi) is 4.31. The summed E-state index contributed by atoms with van der Waals surface area (Å²) in [5.74, 6) is 1.50. The molecule has 0 aliphatic heterocycles. The van der Waals surface area contributed by atoms with E-state index < -0.39 is 0 Å². The molecule has 1 N–H and O–H groups in total. The minimum Gasteiger partial charge on any atom is -0.329 e. The largest absolute Gasteiger partial charge is 0.329 e. The first kappa shape index (κ1) is 13.4. The zero-order chi connectivity index (χ0) is 13.0. The van der Waals surface area contributed by atoms with Crippen LogP contribution in [0.2, 0.25) is 0 Å². The van der Waals surface area contributed by atoms with E-state index in [-0.39, 0.29) is 5.54 Å². The minimum absolute atomic E-state index is 0.289. The zero-order valence-electron chi connectivity index (χ0n) is 11.0. The lowest BCUT2D eigenvalue weighted by molar-refractivity contribution is 0.332. The molecule has 1 saturated carbocycles. The van der Waals surface area contributed by atoms with Crippen LogP contribution in [0.1, 0.15) is 25.7 Å². The topological polar surface area (TPSA) is 53.6 Å².